The van der Waals surface area contributed by atoms with Gasteiger partial charge < -0.3 is 4.74 Å². The zero-order valence-corrected chi connectivity index (χ0v) is 22.4. The SMILES string of the molecule is CCCCCCCCOc1ccc(-c2ccc([C@H]3CC[C@@](C#N)(CCCCCC)CC3)cc2)cc1. The maximum atomic E-state index is 9.88. The minimum Gasteiger partial charge on any atom is -0.494 e. The van der Waals surface area contributed by atoms with Gasteiger partial charge in [-0.2, -0.15) is 5.26 Å². The first-order valence-electron chi connectivity index (χ1n) is 14.4. The zero-order chi connectivity index (χ0) is 24.8. The third kappa shape index (κ3) is 8.71. The van der Waals surface area contributed by atoms with Crippen LogP contribution in [-0.2, 0) is 0 Å². The zero-order valence-electron chi connectivity index (χ0n) is 22.4. The predicted molar refractivity (Wildman–Crippen MR) is 149 cm³/mol. The molecular weight excluding hydrogens is 426 g/mol. The second-order valence-electron chi connectivity index (χ2n) is 10.7. The Kier molecular flexibility index (Phi) is 11.7. The summed E-state index contributed by atoms with van der Waals surface area (Å²) in [6, 6.07) is 20.4. The van der Waals surface area contributed by atoms with Crippen LogP contribution in [0.1, 0.15) is 122 Å². The molecule has 2 nitrogen and oxygen atoms in total. The van der Waals surface area contributed by atoms with Gasteiger partial charge in [-0.3, -0.25) is 0 Å². The van der Waals surface area contributed by atoms with Crippen molar-refractivity contribution in [1.82, 2.24) is 0 Å². The predicted octanol–water partition coefficient (Wildman–Crippen LogP) is 10.2. The van der Waals surface area contributed by atoms with Crippen LogP contribution in [0.15, 0.2) is 48.5 Å². The summed E-state index contributed by atoms with van der Waals surface area (Å²) >= 11 is 0. The highest BCUT2D eigenvalue weighted by Gasteiger charge is 2.35. The maximum Gasteiger partial charge on any atom is 0.119 e. The van der Waals surface area contributed by atoms with Crippen LogP contribution in [0.5, 0.6) is 5.75 Å². The lowest BCUT2D eigenvalue weighted by Crippen LogP contribution is -2.25. The van der Waals surface area contributed by atoms with E-state index in [4.69, 9.17) is 4.74 Å². The molecule has 1 fully saturated rings. The second-order valence-corrected chi connectivity index (χ2v) is 10.7. The quantitative estimate of drug-likeness (QED) is 0.241. The molecule has 0 heterocycles. The van der Waals surface area contributed by atoms with Crippen LogP contribution in [0.3, 0.4) is 0 Å². The van der Waals surface area contributed by atoms with Gasteiger partial charge in [0.15, 0.2) is 0 Å². The molecule has 35 heavy (non-hydrogen) atoms. The molecule has 2 heteroatoms. The second kappa shape index (κ2) is 15.0. The van der Waals surface area contributed by atoms with E-state index >= 15 is 0 Å². The lowest BCUT2D eigenvalue weighted by atomic mass is 9.67. The lowest BCUT2D eigenvalue weighted by Gasteiger charge is -2.35. The fourth-order valence-electron chi connectivity index (χ4n) is 5.58. The van der Waals surface area contributed by atoms with Gasteiger partial charge in [-0.05, 0) is 73.3 Å². The Morgan fingerprint density at radius 2 is 1.29 bits per heavy atom. The molecule has 1 aliphatic rings. The normalized spacial score (nSPS) is 19.9. The standard InChI is InChI=1S/C33H47NO/c1-3-5-7-9-10-12-26-35-32-19-17-30(18-20-32)28-13-15-29(16-14-28)31-21-24-33(27-34,25-22-31)23-11-8-6-4-2/h13-20,31H,3-12,21-26H2,1-2H3/t31-,33-. The molecule has 0 aliphatic heterocycles. The van der Waals surface area contributed by atoms with Crippen LogP contribution in [0, 0.1) is 16.7 Å². The Bertz CT molecular complexity index is 869. The molecule has 0 radical (unpaired) electrons. The summed E-state index contributed by atoms with van der Waals surface area (Å²) in [7, 11) is 0. The fourth-order valence-corrected chi connectivity index (χ4v) is 5.58. The van der Waals surface area contributed by atoms with Crippen molar-refractivity contribution in [2.24, 2.45) is 5.41 Å². The van der Waals surface area contributed by atoms with Gasteiger partial charge in [-0.15, -0.1) is 0 Å². The number of nitrogens with zero attached hydrogens (tertiary/aromatic N) is 1. The van der Waals surface area contributed by atoms with Crippen LogP contribution in [0.25, 0.3) is 11.1 Å². The fraction of sp³-hybridized carbons (Fsp3) is 0.606. The highest BCUT2D eigenvalue weighted by Crippen LogP contribution is 2.45. The first kappa shape index (κ1) is 27.3. The van der Waals surface area contributed by atoms with Crippen molar-refractivity contribution in [3.63, 3.8) is 0 Å². The third-order valence-electron chi connectivity index (χ3n) is 8.03. The van der Waals surface area contributed by atoms with Crippen molar-refractivity contribution in [1.29, 1.82) is 5.26 Å². The van der Waals surface area contributed by atoms with E-state index in [1.165, 1.54) is 74.5 Å². The van der Waals surface area contributed by atoms with Crippen molar-refractivity contribution >= 4 is 0 Å². The van der Waals surface area contributed by atoms with E-state index < -0.39 is 0 Å². The van der Waals surface area contributed by atoms with E-state index in [9.17, 15) is 5.26 Å². The smallest absolute Gasteiger partial charge is 0.119 e. The van der Waals surface area contributed by atoms with Crippen LogP contribution < -0.4 is 4.74 Å². The van der Waals surface area contributed by atoms with Crippen molar-refractivity contribution in [2.75, 3.05) is 6.61 Å². The molecule has 0 amide bonds. The molecular formula is C33H47NO. The molecule has 0 atom stereocenters. The van der Waals surface area contributed by atoms with Gasteiger partial charge in [-0.1, -0.05) is 108 Å². The number of benzene rings is 2. The van der Waals surface area contributed by atoms with Gasteiger partial charge in [0.2, 0.25) is 0 Å². The topological polar surface area (TPSA) is 33.0 Å². The first-order chi connectivity index (χ1) is 17.2. The summed E-state index contributed by atoms with van der Waals surface area (Å²) in [5.74, 6) is 1.57. The Balaban J connectivity index is 1.45. The Labute approximate surface area is 215 Å². The Hall–Kier alpha value is -2.27. The molecule has 0 unspecified atom stereocenters. The third-order valence-corrected chi connectivity index (χ3v) is 8.03. The van der Waals surface area contributed by atoms with Crippen LogP contribution in [0.4, 0.5) is 0 Å². The monoisotopic (exact) mass is 473 g/mol. The Morgan fingerprint density at radius 3 is 1.89 bits per heavy atom. The van der Waals surface area contributed by atoms with Gasteiger partial charge >= 0.3 is 0 Å². The van der Waals surface area contributed by atoms with Crippen molar-refractivity contribution in [2.45, 2.75) is 116 Å². The molecule has 0 saturated heterocycles. The maximum absolute atomic E-state index is 9.88. The summed E-state index contributed by atoms with van der Waals surface area (Å²) in [5, 5.41) is 9.88. The number of ether oxygens (including phenoxy) is 1. The molecule has 0 bridgehead atoms. The number of unbranched alkanes of at least 4 members (excludes halogenated alkanes) is 8. The average molecular weight is 474 g/mol. The molecule has 0 N–H and O–H groups in total. The number of hydrogen-bond donors (Lipinski definition) is 0. The van der Waals surface area contributed by atoms with Crippen LogP contribution in [0.2, 0.25) is 0 Å². The van der Waals surface area contributed by atoms with Crippen molar-refractivity contribution in [3.8, 4) is 22.9 Å². The van der Waals surface area contributed by atoms with E-state index in [2.05, 4.69) is 68.4 Å². The van der Waals surface area contributed by atoms with E-state index in [0.717, 1.165) is 50.9 Å². The van der Waals surface area contributed by atoms with E-state index in [1.807, 2.05) is 0 Å². The van der Waals surface area contributed by atoms with E-state index in [-0.39, 0.29) is 5.41 Å². The largest absolute Gasteiger partial charge is 0.494 e. The molecule has 2 aromatic carbocycles. The minimum absolute atomic E-state index is 0.0664. The van der Waals surface area contributed by atoms with Crippen LogP contribution >= 0.6 is 0 Å². The summed E-state index contributed by atoms with van der Waals surface area (Å²) < 4.78 is 5.94. The van der Waals surface area contributed by atoms with Crippen molar-refractivity contribution < 1.29 is 4.74 Å². The molecule has 0 spiro atoms. The molecule has 0 aromatic heterocycles. The lowest BCUT2D eigenvalue weighted by molar-refractivity contribution is 0.223. The van der Waals surface area contributed by atoms with Crippen molar-refractivity contribution in [3.05, 3.63) is 54.1 Å². The summed E-state index contributed by atoms with van der Waals surface area (Å²) in [6.07, 6.45) is 18.3. The number of nitriles is 1. The minimum atomic E-state index is -0.0664. The molecule has 1 aliphatic carbocycles. The highest BCUT2D eigenvalue weighted by atomic mass is 16.5. The summed E-state index contributed by atoms with van der Waals surface area (Å²) in [5.41, 5.74) is 3.87. The van der Waals surface area contributed by atoms with Gasteiger partial charge in [0, 0.05) is 0 Å². The number of hydrogen-bond acceptors (Lipinski definition) is 2. The molecule has 1 saturated carbocycles. The highest BCUT2D eigenvalue weighted by molar-refractivity contribution is 5.64. The van der Waals surface area contributed by atoms with E-state index in [1.54, 1.807) is 0 Å². The average Bonchev–Trinajstić information content (AvgIpc) is 2.91. The molecule has 190 valence electrons. The van der Waals surface area contributed by atoms with Gasteiger partial charge in [-0.25, -0.2) is 0 Å². The molecule has 2 aromatic rings. The van der Waals surface area contributed by atoms with Gasteiger partial charge in [0.25, 0.3) is 0 Å². The number of rotatable bonds is 15. The Morgan fingerprint density at radius 1 is 0.743 bits per heavy atom. The van der Waals surface area contributed by atoms with E-state index in [0.29, 0.717) is 5.92 Å². The van der Waals surface area contributed by atoms with Gasteiger partial charge in [0.05, 0.1) is 18.1 Å². The summed E-state index contributed by atoms with van der Waals surface area (Å²) in [4.78, 5) is 0. The van der Waals surface area contributed by atoms with Gasteiger partial charge in [0.1, 0.15) is 5.75 Å². The summed E-state index contributed by atoms with van der Waals surface area (Å²) in [6.45, 7) is 5.32. The first-order valence-corrected chi connectivity index (χ1v) is 14.4. The molecule has 3 rings (SSSR count). The van der Waals surface area contributed by atoms with Crippen LogP contribution in [-0.4, -0.2) is 6.61 Å².